The molecule has 1 heterocycles. The number of aromatic nitrogens is 1. The third-order valence-electron chi connectivity index (χ3n) is 5.21. The van der Waals surface area contributed by atoms with Crippen LogP contribution in [0.2, 0.25) is 10.0 Å². The molecule has 1 aromatic heterocycles. The van der Waals surface area contributed by atoms with Crippen molar-refractivity contribution in [2.75, 3.05) is 11.1 Å². The molecule has 0 spiro atoms. The number of anilines is 2. The zero-order valence-electron chi connectivity index (χ0n) is 18.5. The van der Waals surface area contributed by atoms with Crippen molar-refractivity contribution in [1.82, 2.24) is 4.98 Å². The molecule has 2 aromatic rings. The average Bonchev–Trinajstić information content (AvgIpc) is 2.93. The Morgan fingerprint density at radius 3 is 2.69 bits per heavy atom. The van der Waals surface area contributed by atoms with Gasteiger partial charge in [0, 0.05) is 29.3 Å². The van der Waals surface area contributed by atoms with E-state index in [-0.39, 0.29) is 43.0 Å². The summed E-state index contributed by atoms with van der Waals surface area (Å²) in [5, 5.41) is 3.32. The largest absolute Gasteiger partial charge is 0.396 e. The Morgan fingerprint density at radius 2 is 1.97 bits per heavy atom. The summed E-state index contributed by atoms with van der Waals surface area (Å²) in [7, 11) is 0. The highest BCUT2D eigenvalue weighted by atomic mass is 35.5. The van der Waals surface area contributed by atoms with Gasteiger partial charge < -0.3 is 11.1 Å². The van der Waals surface area contributed by atoms with Gasteiger partial charge in [0.2, 0.25) is 18.3 Å². The summed E-state index contributed by atoms with van der Waals surface area (Å²) in [6.45, 7) is 0. The van der Waals surface area contributed by atoms with E-state index >= 15 is 0 Å². The number of allylic oxidation sites excluding steroid dienone is 6. The van der Waals surface area contributed by atoms with Gasteiger partial charge in [-0.05, 0) is 65.5 Å². The molecule has 35 heavy (non-hydrogen) atoms. The number of hydrogen-bond donors (Lipinski definition) is 2. The number of alkyl halides is 2. The first-order chi connectivity index (χ1) is 16.6. The SMILES string of the molecule is Nc1ccc(F)nc1NC(=O)CCC1=CC(=O)C/C(=C/CC(F)F)C(Cc2ccc(Cl)cc2Cl)=C1. The van der Waals surface area contributed by atoms with E-state index in [1.54, 1.807) is 24.3 Å². The summed E-state index contributed by atoms with van der Waals surface area (Å²) in [6, 6.07) is 7.34. The molecule has 1 aromatic carbocycles. The molecule has 0 unspecified atom stereocenters. The molecule has 0 fully saturated rings. The van der Waals surface area contributed by atoms with Crippen molar-refractivity contribution >= 4 is 46.4 Å². The van der Waals surface area contributed by atoms with Crippen molar-refractivity contribution in [3.63, 3.8) is 0 Å². The summed E-state index contributed by atoms with van der Waals surface area (Å²) >= 11 is 12.3. The second kappa shape index (κ2) is 12.0. The lowest BCUT2D eigenvalue weighted by Crippen LogP contribution is -2.14. The van der Waals surface area contributed by atoms with Gasteiger partial charge >= 0.3 is 0 Å². The van der Waals surface area contributed by atoms with Crippen molar-refractivity contribution in [3.8, 4) is 0 Å². The lowest BCUT2D eigenvalue weighted by molar-refractivity contribution is -0.116. The Kier molecular flexibility index (Phi) is 9.12. The van der Waals surface area contributed by atoms with Crippen LogP contribution in [0.1, 0.15) is 31.2 Å². The molecule has 10 heteroatoms. The number of rotatable bonds is 8. The Hall–Kier alpha value is -3.10. The number of nitrogens with zero attached hydrogens (tertiary/aromatic N) is 1. The van der Waals surface area contributed by atoms with Crippen LogP contribution in [0.15, 0.2) is 65.3 Å². The normalized spacial score (nSPS) is 15.1. The predicted molar refractivity (Wildman–Crippen MR) is 131 cm³/mol. The zero-order valence-corrected chi connectivity index (χ0v) is 20.0. The van der Waals surface area contributed by atoms with Gasteiger partial charge in [-0.1, -0.05) is 41.4 Å². The monoisotopic (exact) mass is 523 g/mol. The molecule has 0 radical (unpaired) electrons. The molecule has 0 saturated carbocycles. The van der Waals surface area contributed by atoms with Gasteiger partial charge in [-0.15, -0.1) is 0 Å². The summed E-state index contributed by atoms with van der Waals surface area (Å²) in [5.41, 5.74) is 8.20. The number of carbonyl (C=O) groups is 2. The van der Waals surface area contributed by atoms with E-state index in [0.29, 0.717) is 32.3 Å². The number of hydrogen-bond acceptors (Lipinski definition) is 4. The van der Waals surface area contributed by atoms with Crippen LogP contribution in [0.25, 0.3) is 0 Å². The van der Waals surface area contributed by atoms with Crippen LogP contribution in [0.4, 0.5) is 24.7 Å². The molecule has 1 aliphatic carbocycles. The van der Waals surface area contributed by atoms with Crippen LogP contribution in [0.5, 0.6) is 0 Å². The van der Waals surface area contributed by atoms with Crippen molar-refractivity contribution < 1.29 is 22.8 Å². The number of pyridine rings is 1. The molecule has 1 amide bonds. The number of nitrogens with one attached hydrogen (secondary N) is 1. The summed E-state index contributed by atoms with van der Waals surface area (Å²) in [6.07, 6.45) is 1.79. The summed E-state index contributed by atoms with van der Waals surface area (Å²) < 4.78 is 39.1. The number of amides is 1. The summed E-state index contributed by atoms with van der Waals surface area (Å²) in [5.74, 6) is -1.63. The number of nitrogen functional groups attached to an aromatic ring is 1. The lowest BCUT2D eigenvalue weighted by atomic mass is 9.94. The molecule has 3 rings (SSSR count). The predicted octanol–water partition coefficient (Wildman–Crippen LogP) is 6.48. The van der Waals surface area contributed by atoms with Crippen LogP contribution in [0, 0.1) is 5.95 Å². The molecular weight excluding hydrogens is 502 g/mol. The minimum Gasteiger partial charge on any atom is -0.396 e. The second-order valence-electron chi connectivity index (χ2n) is 7.92. The molecule has 1 aliphatic rings. The van der Waals surface area contributed by atoms with E-state index in [1.165, 1.54) is 18.2 Å². The molecule has 0 aliphatic heterocycles. The van der Waals surface area contributed by atoms with E-state index in [1.807, 2.05) is 0 Å². The molecule has 0 bridgehead atoms. The smallest absolute Gasteiger partial charge is 0.242 e. The van der Waals surface area contributed by atoms with Crippen LogP contribution in [-0.2, 0) is 16.0 Å². The maximum Gasteiger partial charge on any atom is 0.242 e. The maximum absolute atomic E-state index is 13.3. The Bertz CT molecular complexity index is 1230. The van der Waals surface area contributed by atoms with Crippen LogP contribution in [0.3, 0.4) is 0 Å². The van der Waals surface area contributed by atoms with Crippen LogP contribution in [-0.4, -0.2) is 23.1 Å². The van der Waals surface area contributed by atoms with Crippen LogP contribution < -0.4 is 11.1 Å². The summed E-state index contributed by atoms with van der Waals surface area (Å²) in [4.78, 5) is 28.5. The Balaban J connectivity index is 1.82. The van der Waals surface area contributed by atoms with Gasteiger partial charge in [0.1, 0.15) is 0 Å². The van der Waals surface area contributed by atoms with E-state index in [9.17, 15) is 22.8 Å². The van der Waals surface area contributed by atoms with Gasteiger partial charge in [-0.25, -0.2) is 8.78 Å². The van der Waals surface area contributed by atoms with Crippen molar-refractivity contribution in [2.24, 2.45) is 0 Å². The maximum atomic E-state index is 13.3. The fraction of sp³-hybridized carbons (Fsp3) is 0.240. The topological polar surface area (TPSA) is 85.1 Å². The highest BCUT2D eigenvalue weighted by Gasteiger charge is 2.18. The molecule has 0 saturated heterocycles. The van der Waals surface area contributed by atoms with Crippen molar-refractivity contribution in [2.45, 2.75) is 38.5 Å². The van der Waals surface area contributed by atoms with Crippen LogP contribution >= 0.6 is 23.2 Å². The van der Waals surface area contributed by atoms with Gasteiger partial charge in [0.15, 0.2) is 11.6 Å². The third kappa shape index (κ3) is 7.97. The molecule has 0 atom stereocenters. The highest BCUT2D eigenvalue weighted by molar-refractivity contribution is 6.35. The average molecular weight is 524 g/mol. The number of carbonyl (C=O) groups excluding carboxylic acids is 2. The number of nitrogens with two attached hydrogens (primary N) is 1. The third-order valence-corrected chi connectivity index (χ3v) is 5.80. The van der Waals surface area contributed by atoms with Gasteiger partial charge in [-0.2, -0.15) is 9.37 Å². The molecular formula is C25H22Cl2F3N3O2. The standard InChI is InChI=1S/C25H22Cl2F3N3O2/c26-18-4-2-16(20(27)13-18)11-17-9-14(10-19(34)12-15(17)3-6-22(28)29)1-8-24(35)33-25-21(31)5-7-23(30)32-25/h2-5,7,9-10,13,22H,1,6,8,11-12,31H2,(H,32,33,35)/b15-3-. The minimum absolute atomic E-state index is 0.0433. The molecule has 184 valence electrons. The van der Waals surface area contributed by atoms with Crippen molar-refractivity contribution in [1.29, 1.82) is 0 Å². The lowest BCUT2D eigenvalue weighted by Gasteiger charge is -2.13. The fourth-order valence-corrected chi connectivity index (χ4v) is 4.00. The molecule has 3 N–H and O–H groups in total. The van der Waals surface area contributed by atoms with Gasteiger partial charge in [0.05, 0.1) is 5.69 Å². The number of benzene rings is 1. The molecule has 5 nitrogen and oxygen atoms in total. The first-order valence-electron chi connectivity index (χ1n) is 10.7. The zero-order chi connectivity index (χ0) is 25.5. The van der Waals surface area contributed by atoms with Crippen molar-refractivity contribution in [3.05, 3.63) is 86.8 Å². The van der Waals surface area contributed by atoms with E-state index in [2.05, 4.69) is 10.3 Å². The first kappa shape index (κ1) is 26.5. The highest BCUT2D eigenvalue weighted by Crippen LogP contribution is 2.31. The number of halogens is 5. The van der Waals surface area contributed by atoms with Gasteiger partial charge in [0.25, 0.3) is 0 Å². The number of ketones is 1. The van der Waals surface area contributed by atoms with E-state index in [0.717, 1.165) is 6.07 Å². The minimum atomic E-state index is -2.55. The van der Waals surface area contributed by atoms with E-state index in [4.69, 9.17) is 28.9 Å². The Labute approximate surface area is 210 Å². The first-order valence-corrected chi connectivity index (χ1v) is 11.4. The second-order valence-corrected chi connectivity index (χ2v) is 8.76. The fourth-order valence-electron chi connectivity index (χ4n) is 3.53. The van der Waals surface area contributed by atoms with Gasteiger partial charge in [-0.3, -0.25) is 9.59 Å². The quantitative estimate of drug-likeness (QED) is 0.388. The Morgan fingerprint density at radius 1 is 1.20 bits per heavy atom. The van der Waals surface area contributed by atoms with E-state index < -0.39 is 24.7 Å².